The number of carbonyl (C=O) groups is 1. The number of hydrogen-bond donors (Lipinski definition) is 2. The van der Waals surface area contributed by atoms with E-state index in [9.17, 15) is 18.0 Å². The van der Waals surface area contributed by atoms with Gasteiger partial charge in [0.25, 0.3) is 0 Å². The van der Waals surface area contributed by atoms with Crippen LogP contribution in [0.5, 0.6) is 0 Å². The maximum absolute atomic E-state index is 12.1. The quantitative estimate of drug-likeness (QED) is 0.881. The second kappa shape index (κ2) is 4.56. The van der Waals surface area contributed by atoms with E-state index in [4.69, 9.17) is 0 Å². The Bertz CT molecular complexity index is 616. The van der Waals surface area contributed by atoms with Gasteiger partial charge in [-0.25, -0.2) is 4.98 Å². The normalized spacial score (nSPS) is 12.1. The van der Waals surface area contributed by atoms with E-state index in [2.05, 4.69) is 9.97 Å². The van der Waals surface area contributed by atoms with E-state index >= 15 is 0 Å². The molecule has 0 fully saturated rings. The van der Waals surface area contributed by atoms with Gasteiger partial charge in [0.1, 0.15) is 5.82 Å². The third-order valence-corrected chi connectivity index (χ3v) is 2.56. The average Bonchev–Trinajstić information content (AvgIpc) is 2.70. The van der Waals surface area contributed by atoms with E-state index in [0.29, 0.717) is 11.0 Å². The molecule has 1 aromatic carbocycles. The van der Waals surface area contributed by atoms with Gasteiger partial charge in [0, 0.05) is 11.6 Å². The second-order valence-electron chi connectivity index (χ2n) is 4.46. The maximum atomic E-state index is 12.1. The van der Waals surface area contributed by atoms with Gasteiger partial charge < -0.3 is 10.3 Å². The zero-order valence-electron chi connectivity index (χ0n) is 10.3. The predicted octanol–water partition coefficient (Wildman–Crippen LogP) is 3.19. The molecule has 0 radical (unpaired) electrons. The molecule has 1 amide bonds. The molecule has 2 N–H and O–H groups in total. The minimum Gasteiger partial charge on any atom is -0.342 e. The van der Waals surface area contributed by atoms with E-state index < -0.39 is 12.1 Å². The summed E-state index contributed by atoms with van der Waals surface area (Å²) in [6.07, 6.45) is -4.90. The molecule has 1 aromatic heterocycles. The Morgan fingerprint density at radius 1 is 1.37 bits per heavy atom. The van der Waals surface area contributed by atoms with Crippen LogP contribution >= 0.6 is 0 Å². The molecule has 0 bridgehead atoms. The molecule has 0 spiro atoms. The highest BCUT2D eigenvalue weighted by molar-refractivity contribution is 5.96. The summed E-state index contributed by atoms with van der Waals surface area (Å²) in [6, 6.07) is 4.37. The van der Waals surface area contributed by atoms with E-state index in [1.165, 1.54) is 12.1 Å². The summed E-state index contributed by atoms with van der Waals surface area (Å²) in [7, 11) is 0. The topological polar surface area (TPSA) is 57.8 Å². The van der Waals surface area contributed by atoms with E-state index in [-0.39, 0.29) is 11.6 Å². The Morgan fingerprint density at radius 3 is 2.63 bits per heavy atom. The molecular weight excluding hydrogens is 259 g/mol. The van der Waals surface area contributed by atoms with E-state index in [0.717, 1.165) is 5.82 Å². The fraction of sp³-hybridized carbons (Fsp3) is 0.333. The molecule has 2 aromatic rings. The molecule has 0 aliphatic heterocycles. The third-order valence-electron chi connectivity index (χ3n) is 2.56. The van der Waals surface area contributed by atoms with Crippen LogP contribution in [0.1, 0.15) is 25.6 Å². The van der Waals surface area contributed by atoms with Crippen LogP contribution in [0.2, 0.25) is 0 Å². The first-order valence-electron chi connectivity index (χ1n) is 5.65. The summed E-state index contributed by atoms with van der Waals surface area (Å²) >= 11 is 0. The first-order chi connectivity index (χ1) is 8.77. The van der Waals surface area contributed by atoms with Gasteiger partial charge >= 0.3 is 12.1 Å². The number of amides is 1. The van der Waals surface area contributed by atoms with Crippen molar-refractivity contribution < 1.29 is 18.0 Å². The highest BCUT2D eigenvalue weighted by atomic mass is 19.4. The highest BCUT2D eigenvalue weighted by Crippen LogP contribution is 2.22. The fourth-order valence-electron chi connectivity index (χ4n) is 1.58. The lowest BCUT2D eigenvalue weighted by Gasteiger charge is -2.07. The Labute approximate surface area is 107 Å². The molecule has 4 nitrogen and oxygen atoms in total. The van der Waals surface area contributed by atoms with Crippen molar-refractivity contribution in [1.82, 2.24) is 9.97 Å². The molecule has 0 aliphatic rings. The van der Waals surface area contributed by atoms with Gasteiger partial charge in [-0.1, -0.05) is 13.8 Å². The number of fused-ring (bicyclic) bond motifs is 1. The summed E-state index contributed by atoms with van der Waals surface area (Å²) in [5.74, 6) is -1.06. The lowest BCUT2D eigenvalue weighted by atomic mass is 10.2. The number of carbonyl (C=O) groups excluding carboxylic acids is 1. The fourth-order valence-corrected chi connectivity index (χ4v) is 1.58. The van der Waals surface area contributed by atoms with Crippen molar-refractivity contribution in [3.63, 3.8) is 0 Å². The molecule has 0 unspecified atom stereocenters. The van der Waals surface area contributed by atoms with Crippen molar-refractivity contribution in [2.75, 3.05) is 5.32 Å². The summed E-state index contributed by atoms with van der Waals surface area (Å²) in [6.45, 7) is 3.90. The average molecular weight is 271 g/mol. The molecule has 19 heavy (non-hydrogen) atoms. The van der Waals surface area contributed by atoms with Gasteiger partial charge in [-0.3, -0.25) is 4.79 Å². The monoisotopic (exact) mass is 271 g/mol. The zero-order valence-corrected chi connectivity index (χ0v) is 10.3. The molecule has 0 atom stereocenters. The number of H-pyrrole nitrogens is 1. The van der Waals surface area contributed by atoms with Crippen LogP contribution in [0.3, 0.4) is 0 Å². The minimum atomic E-state index is -4.90. The van der Waals surface area contributed by atoms with Crippen molar-refractivity contribution in [1.29, 1.82) is 0 Å². The summed E-state index contributed by atoms with van der Waals surface area (Å²) in [4.78, 5) is 18.1. The highest BCUT2D eigenvalue weighted by Gasteiger charge is 2.38. The van der Waals surface area contributed by atoms with Crippen molar-refractivity contribution in [3.05, 3.63) is 24.0 Å². The number of aromatic nitrogens is 2. The molecule has 7 heteroatoms. The lowest BCUT2D eigenvalue weighted by molar-refractivity contribution is -0.167. The molecular formula is C12H12F3N3O. The first kappa shape index (κ1) is 13.4. The van der Waals surface area contributed by atoms with Gasteiger partial charge in [0.05, 0.1) is 11.0 Å². The molecule has 0 saturated carbocycles. The van der Waals surface area contributed by atoms with Gasteiger partial charge in [-0.2, -0.15) is 13.2 Å². The molecule has 0 aliphatic carbocycles. The largest absolute Gasteiger partial charge is 0.471 e. The van der Waals surface area contributed by atoms with Gasteiger partial charge in [-0.15, -0.1) is 0 Å². The summed E-state index contributed by atoms with van der Waals surface area (Å²) < 4.78 is 36.4. The minimum absolute atomic E-state index is 0.0776. The molecule has 2 rings (SSSR count). The maximum Gasteiger partial charge on any atom is 0.471 e. The number of nitrogens with zero attached hydrogens (tertiary/aromatic N) is 1. The van der Waals surface area contributed by atoms with Crippen molar-refractivity contribution in [2.45, 2.75) is 25.9 Å². The van der Waals surface area contributed by atoms with Crippen LogP contribution < -0.4 is 5.32 Å². The number of aromatic amines is 1. The van der Waals surface area contributed by atoms with Crippen molar-refractivity contribution >= 4 is 22.6 Å². The van der Waals surface area contributed by atoms with Crippen LogP contribution in [-0.2, 0) is 4.79 Å². The number of nitrogens with one attached hydrogen (secondary N) is 2. The SMILES string of the molecule is CC(C)c1nc2ccc(NC(=O)C(F)(F)F)cc2[nH]1. The first-order valence-corrected chi connectivity index (χ1v) is 5.65. The number of imidazole rings is 1. The Hall–Kier alpha value is -2.05. The summed E-state index contributed by atoms with van der Waals surface area (Å²) in [5.41, 5.74) is 1.31. The number of rotatable bonds is 2. The Morgan fingerprint density at radius 2 is 2.05 bits per heavy atom. The van der Waals surface area contributed by atoms with Crippen LogP contribution in [0, 0.1) is 0 Å². The smallest absolute Gasteiger partial charge is 0.342 e. The van der Waals surface area contributed by atoms with E-state index in [1.807, 2.05) is 13.8 Å². The van der Waals surface area contributed by atoms with Crippen molar-refractivity contribution in [2.24, 2.45) is 0 Å². The Balaban J connectivity index is 2.29. The van der Waals surface area contributed by atoms with E-state index in [1.54, 1.807) is 11.4 Å². The molecule has 0 saturated heterocycles. The number of benzene rings is 1. The number of hydrogen-bond acceptors (Lipinski definition) is 2. The van der Waals surface area contributed by atoms with Crippen LogP contribution in [0.25, 0.3) is 11.0 Å². The predicted molar refractivity (Wildman–Crippen MR) is 64.9 cm³/mol. The number of alkyl halides is 3. The van der Waals surface area contributed by atoms with Crippen molar-refractivity contribution in [3.8, 4) is 0 Å². The third kappa shape index (κ3) is 2.86. The number of halogens is 3. The molecule has 102 valence electrons. The number of anilines is 1. The lowest BCUT2D eigenvalue weighted by Crippen LogP contribution is -2.29. The summed E-state index contributed by atoms with van der Waals surface area (Å²) in [5, 5.41) is 1.80. The Kier molecular flexibility index (Phi) is 3.21. The van der Waals surface area contributed by atoms with Crippen LogP contribution in [0.15, 0.2) is 18.2 Å². The van der Waals surface area contributed by atoms with Gasteiger partial charge in [0.15, 0.2) is 0 Å². The van der Waals surface area contributed by atoms with Crippen LogP contribution in [0.4, 0.5) is 18.9 Å². The van der Waals surface area contributed by atoms with Gasteiger partial charge in [-0.05, 0) is 18.2 Å². The standard InChI is InChI=1S/C12H12F3N3O/c1-6(2)10-17-8-4-3-7(5-9(8)18-10)16-11(19)12(13,14)15/h3-6H,1-2H3,(H,16,19)(H,17,18). The van der Waals surface area contributed by atoms with Gasteiger partial charge in [0.2, 0.25) is 0 Å². The van der Waals surface area contributed by atoms with Crippen LogP contribution in [-0.4, -0.2) is 22.1 Å². The molecule has 1 heterocycles. The second-order valence-corrected chi connectivity index (χ2v) is 4.46. The zero-order chi connectivity index (χ0) is 14.2.